The number of nitrogens with zero attached hydrogens (tertiary/aromatic N) is 2. The molecule has 1 aliphatic rings. The highest BCUT2D eigenvalue weighted by Crippen LogP contribution is 2.11. The van der Waals surface area contributed by atoms with Crippen LogP contribution in [0.5, 0.6) is 0 Å². The van der Waals surface area contributed by atoms with Gasteiger partial charge in [-0.15, -0.1) is 0 Å². The summed E-state index contributed by atoms with van der Waals surface area (Å²) in [6, 6.07) is 3.26. The molecule has 2 heterocycles. The molecule has 0 radical (unpaired) electrons. The summed E-state index contributed by atoms with van der Waals surface area (Å²) in [7, 11) is -1.72. The molecule has 0 saturated carbocycles. The minimum atomic E-state index is -3.60. The molecule has 1 aliphatic heterocycles. The van der Waals surface area contributed by atoms with E-state index in [-0.39, 0.29) is 5.75 Å². The zero-order valence-corrected chi connectivity index (χ0v) is 12.3. The van der Waals surface area contributed by atoms with Crippen LogP contribution in [0.2, 0.25) is 0 Å². The van der Waals surface area contributed by atoms with Crippen LogP contribution in [-0.4, -0.2) is 50.1 Å². The van der Waals surface area contributed by atoms with E-state index in [9.17, 15) is 13.2 Å². The summed E-state index contributed by atoms with van der Waals surface area (Å²) in [6.07, 6.45) is 4.18. The van der Waals surface area contributed by atoms with Crippen molar-refractivity contribution in [2.45, 2.75) is 19.3 Å². The lowest BCUT2D eigenvalue weighted by atomic mass is 10.1. The predicted octanol–water partition coefficient (Wildman–Crippen LogP) is 0.409. The number of rotatable bonds is 0. The third-order valence-corrected chi connectivity index (χ3v) is 4.54. The Morgan fingerprint density at radius 1 is 1.30 bits per heavy atom. The van der Waals surface area contributed by atoms with Crippen LogP contribution in [0.3, 0.4) is 0 Å². The number of aryl methyl sites for hydroxylation is 1. The largest absolute Gasteiger partial charge is 0.305 e. The SMILES string of the molecule is CN1CCCCc2ncccc2C(=O)NS(=O)(=O)CC1. The fraction of sp³-hybridized carbons (Fsp3) is 0.538. The van der Waals surface area contributed by atoms with Crippen molar-refractivity contribution in [3.8, 4) is 0 Å². The van der Waals surface area contributed by atoms with E-state index in [1.807, 2.05) is 11.9 Å². The maximum atomic E-state index is 12.1. The topological polar surface area (TPSA) is 79.4 Å². The van der Waals surface area contributed by atoms with Crippen LogP contribution < -0.4 is 4.72 Å². The third kappa shape index (κ3) is 4.01. The molecule has 0 bridgehead atoms. The monoisotopic (exact) mass is 297 g/mol. The average Bonchev–Trinajstić information content (AvgIpc) is 2.40. The number of pyridine rings is 1. The van der Waals surface area contributed by atoms with Gasteiger partial charge in [0, 0.05) is 12.7 Å². The second-order valence-electron chi connectivity index (χ2n) is 5.01. The quantitative estimate of drug-likeness (QED) is 0.750. The molecule has 0 unspecified atom stereocenters. The molecule has 0 aromatic carbocycles. The predicted molar refractivity (Wildman–Crippen MR) is 75.9 cm³/mol. The van der Waals surface area contributed by atoms with E-state index in [0.29, 0.717) is 24.2 Å². The minimum absolute atomic E-state index is 0.0785. The Bertz CT molecular complexity index is 586. The number of fused-ring (bicyclic) bond motifs is 1. The number of nitrogens with one attached hydrogen (secondary N) is 1. The third-order valence-electron chi connectivity index (χ3n) is 3.33. The first kappa shape index (κ1) is 14.9. The van der Waals surface area contributed by atoms with E-state index in [4.69, 9.17) is 0 Å². The van der Waals surface area contributed by atoms with Crippen molar-refractivity contribution >= 4 is 15.9 Å². The summed E-state index contributed by atoms with van der Waals surface area (Å²) in [5.74, 6) is -0.665. The van der Waals surface area contributed by atoms with E-state index in [1.54, 1.807) is 18.3 Å². The minimum Gasteiger partial charge on any atom is -0.305 e. The van der Waals surface area contributed by atoms with Crippen molar-refractivity contribution in [2.75, 3.05) is 25.9 Å². The van der Waals surface area contributed by atoms with Gasteiger partial charge in [-0.2, -0.15) is 0 Å². The molecule has 0 atom stereocenters. The summed E-state index contributed by atoms with van der Waals surface area (Å²) in [5, 5.41) is 0. The van der Waals surface area contributed by atoms with Gasteiger partial charge in [0.05, 0.1) is 17.0 Å². The fourth-order valence-corrected chi connectivity index (χ4v) is 3.20. The molecule has 2 rings (SSSR count). The summed E-state index contributed by atoms with van der Waals surface area (Å²) < 4.78 is 25.9. The summed E-state index contributed by atoms with van der Waals surface area (Å²) in [5.41, 5.74) is 1.01. The Labute approximate surface area is 119 Å². The molecule has 1 N–H and O–H groups in total. The van der Waals surface area contributed by atoms with Crippen molar-refractivity contribution in [1.29, 1.82) is 0 Å². The van der Waals surface area contributed by atoms with Crippen molar-refractivity contribution in [3.05, 3.63) is 29.6 Å². The molecule has 1 amide bonds. The molecule has 20 heavy (non-hydrogen) atoms. The van der Waals surface area contributed by atoms with Crippen molar-refractivity contribution < 1.29 is 13.2 Å². The highest BCUT2D eigenvalue weighted by atomic mass is 32.2. The maximum absolute atomic E-state index is 12.1. The number of sulfonamides is 1. The number of amides is 1. The number of carbonyl (C=O) groups is 1. The molecule has 6 nitrogen and oxygen atoms in total. The number of aromatic nitrogens is 1. The number of hydrogen-bond acceptors (Lipinski definition) is 5. The van der Waals surface area contributed by atoms with Crippen LogP contribution in [0.1, 0.15) is 28.9 Å². The van der Waals surface area contributed by atoms with E-state index < -0.39 is 15.9 Å². The molecular formula is C13H19N3O3S. The van der Waals surface area contributed by atoms with Gasteiger partial charge < -0.3 is 4.90 Å². The molecule has 1 aromatic rings. The van der Waals surface area contributed by atoms with Crippen LogP contribution in [0, 0.1) is 0 Å². The van der Waals surface area contributed by atoms with Crippen LogP contribution in [0.25, 0.3) is 0 Å². The first-order chi connectivity index (χ1) is 9.48. The van der Waals surface area contributed by atoms with Gasteiger partial charge in [-0.05, 0) is 45.0 Å². The first-order valence-corrected chi connectivity index (χ1v) is 8.30. The Morgan fingerprint density at radius 2 is 2.10 bits per heavy atom. The molecule has 0 aliphatic carbocycles. The van der Waals surface area contributed by atoms with Crippen molar-refractivity contribution in [3.63, 3.8) is 0 Å². The molecule has 0 spiro atoms. The van der Waals surface area contributed by atoms with Crippen LogP contribution in [-0.2, 0) is 16.4 Å². The molecule has 0 fully saturated rings. The molecule has 110 valence electrons. The van der Waals surface area contributed by atoms with E-state index in [2.05, 4.69) is 9.71 Å². The Kier molecular flexibility index (Phi) is 4.72. The second-order valence-corrected chi connectivity index (χ2v) is 6.85. The highest BCUT2D eigenvalue weighted by molar-refractivity contribution is 7.90. The lowest BCUT2D eigenvalue weighted by Crippen LogP contribution is -2.37. The van der Waals surface area contributed by atoms with Gasteiger partial charge in [-0.3, -0.25) is 9.78 Å². The maximum Gasteiger partial charge on any atom is 0.266 e. The number of carbonyl (C=O) groups excluding carboxylic acids is 1. The molecular weight excluding hydrogens is 278 g/mol. The Morgan fingerprint density at radius 3 is 2.90 bits per heavy atom. The number of hydrogen-bond donors (Lipinski definition) is 1. The van der Waals surface area contributed by atoms with Gasteiger partial charge in [0.2, 0.25) is 10.0 Å². The van der Waals surface area contributed by atoms with E-state index in [0.717, 1.165) is 19.4 Å². The average molecular weight is 297 g/mol. The van der Waals surface area contributed by atoms with E-state index >= 15 is 0 Å². The highest BCUT2D eigenvalue weighted by Gasteiger charge is 2.20. The molecule has 1 aromatic heterocycles. The van der Waals surface area contributed by atoms with Crippen LogP contribution in [0.4, 0.5) is 0 Å². The fourth-order valence-electron chi connectivity index (χ4n) is 2.15. The van der Waals surface area contributed by atoms with Crippen LogP contribution in [0.15, 0.2) is 18.3 Å². The zero-order valence-electron chi connectivity index (χ0n) is 11.5. The van der Waals surface area contributed by atoms with Gasteiger partial charge in [-0.1, -0.05) is 0 Å². The van der Waals surface area contributed by atoms with Crippen LogP contribution >= 0.6 is 0 Å². The molecule has 0 saturated heterocycles. The lowest BCUT2D eigenvalue weighted by molar-refractivity contribution is 0.0980. The standard InChI is InChI=1S/C13H19N3O3S/c1-16-8-3-2-6-12-11(5-4-7-14-12)13(17)15-20(18,19)10-9-16/h4-5,7H,2-3,6,8-10H2,1H3,(H,15,17). The Hall–Kier alpha value is -1.47. The second kappa shape index (κ2) is 6.32. The lowest BCUT2D eigenvalue weighted by Gasteiger charge is -2.18. The smallest absolute Gasteiger partial charge is 0.266 e. The Balaban J connectivity index is 2.28. The van der Waals surface area contributed by atoms with Gasteiger partial charge in [0.15, 0.2) is 0 Å². The molecule has 7 heteroatoms. The van der Waals surface area contributed by atoms with Crippen molar-refractivity contribution in [1.82, 2.24) is 14.6 Å². The van der Waals surface area contributed by atoms with Gasteiger partial charge in [-0.25, -0.2) is 13.1 Å². The van der Waals surface area contributed by atoms with Gasteiger partial charge in [0.1, 0.15) is 0 Å². The summed E-state index contributed by atoms with van der Waals surface area (Å²) in [6.45, 7) is 1.26. The van der Waals surface area contributed by atoms with Crippen molar-refractivity contribution in [2.24, 2.45) is 0 Å². The normalized spacial score (nSPS) is 21.1. The van der Waals surface area contributed by atoms with E-state index in [1.165, 1.54) is 0 Å². The summed E-state index contributed by atoms with van der Waals surface area (Å²) >= 11 is 0. The first-order valence-electron chi connectivity index (χ1n) is 6.65. The zero-order chi connectivity index (χ0) is 14.6. The van der Waals surface area contributed by atoms with Gasteiger partial charge >= 0.3 is 0 Å². The van der Waals surface area contributed by atoms with Gasteiger partial charge in [0.25, 0.3) is 5.91 Å². The summed E-state index contributed by atoms with van der Waals surface area (Å²) in [4.78, 5) is 18.2.